The molecule has 14 heavy (non-hydrogen) atoms. The van der Waals surface area contributed by atoms with E-state index in [9.17, 15) is 0 Å². The zero-order valence-corrected chi connectivity index (χ0v) is 9.09. The maximum absolute atomic E-state index is 4.23. The Kier molecular flexibility index (Phi) is 4.21. The molecule has 3 nitrogen and oxygen atoms in total. The Bertz CT molecular complexity index is 341. The van der Waals surface area contributed by atoms with Crippen LogP contribution < -0.4 is 5.32 Å². The Morgan fingerprint density at radius 1 is 1.50 bits per heavy atom. The van der Waals surface area contributed by atoms with E-state index in [2.05, 4.69) is 36.1 Å². The Labute approximate surface area is 85.5 Å². The first kappa shape index (κ1) is 10.8. The number of nitrogens with zero attached hydrogens (tertiary/aromatic N) is 2. The summed E-state index contributed by atoms with van der Waals surface area (Å²) < 4.78 is 1.96. The molecule has 0 atom stereocenters. The van der Waals surface area contributed by atoms with Gasteiger partial charge in [-0.3, -0.25) is 4.68 Å². The van der Waals surface area contributed by atoms with Gasteiger partial charge in [-0.05, 0) is 20.4 Å². The summed E-state index contributed by atoms with van der Waals surface area (Å²) in [6.45, 7) is 8.81. The van der Waals surface area contributed by atoms with Gasteiger partial charge in [0.25, 0.3) is 0 Å². The largest absolute Gasteiger partial charge is 0.306 e. The maximum Gasteiger partial charge on any atom is 0.0655 e. The monoisotopic (exact) mass is 191 g/mol. The van der Waals surface area contributed by atoms with E-state index in [-0.39, 0.29) is 0 Å². The molecule has 1 aromatic heterocycles. The lowest BCUT2D eigenvalue weighted by atomic mass is 10.2. The number of rotatable bonds is 3. The molecule has 0 aromatic carbocycles. The van der Waals surface area contributed by atoms with Gasteiger partial charge in [0.05, 0.1) is 24.0 Å². The SMILES string of the molecule is CCNCC#Cc1cnn(CC)c1C. The molecular weight excluding hydrogens is 174 g/mol. The van der Waals surface area contributed by atoms with Crippen LogP contribution in [0.25, 0.3) is 0 Å². The van der Waals surface area contributed by atoms with E-state index < -0.39 is 0 Å². The van der Waals surface area contributed by atoms with E-state index in [1.54, 1.807) is 0 Å². The van der Waals surface area contributed by atoms with Crippen LogP contribution in [0.1, 0.15) is 25.1 Å². The van der Waals surface area contributed by atoms with Gasteiger partial charge in [0.15, 0.2) is 0 Å². The molecule has 76 valence electrons. The standard InChI is InChI=1S/C11H17N3/c1-4-12-8-6-7-11-9-13-14(5-2)10(11)3/h9,12H,4-5,8H2,1-3H3. The predicted octanol–water partition coefficient (Wildman–Crippen LogP) is 1.17. The number of hydrogen-bond acceptors (Lipinski definition) is 2. The van der Waals surface area contributed by atoms with E-state index in [1.165, 1.54) is 0 Å². The molecule has 1 aromatic rings. The molecule has 0 radical (unpaired) electrons. The van der Waals surface area contributed by atoms with Crippen LogP contribution in [0.3, 0.4) is 0 Å². The van der Waals surface area contributed by atoms with Gasteiger partial charge in [-0.2, -0.15) is 5.10 Å². The first-order valence-corrected chi connectivity index (χ1v) is 5.01. The van der Waals surface area contributed by atoms with Gasteiger partial charge in [0, 0.05) is 6.54 Å². The Hall–Kier alpha value is -1.27. The zero-order chi connectivity index (χ0) is 10.4. The Morgan fingerprint density at radius 3 is 2.86 bits per heavy atom. The first-order valence-electron chi connectivity index (χ1n) is 5.01. The highest BCUT2D eigenvalue weighted by atomic mass is 15.3. The van der Waals surface area contributed by atoms with Crippen molar-refractivity contribution in [2.75, 3.05) is 13.1 Å². The fourth-order valence-corrected chi connectivity index (χ4v) is 1.21. The van der Waals surface area contributed by atoms with Crippen molar-refractivity contribution in [1.29, 1.82) is 0 Å². The minimum Gasteiger partial charge on any atom is -0.306 e. The lowest BCUT2D eigenvalue weighted by Gasteiger charge is -1.97. The molecule has 1 heterocycles. The van der Waals surface area contributed by atoms with Crippen molar-refractivity contribution in [3.05, 3.63) is 17.5 Å². The van der Waals surface area contributed by atoms with Gasteiger partial charge < -0.3 is 5.32 Å². The fourth-order valence-electron chi connectivity index (χ4n) is 1.21. The zero-order valence-electron chi connectivity index (χ0n) is 9.09. The molecule has 3 heteroatoms. The average Bonchev–Trinajstić information content (AvgIpc) is 2.55. The third kappa shape index (κ3) is 2.61. The summed E-state index contributed by atoms with van der Waals surface area (Å²) in [7, 11) is 0. The van der Waals surface area contributed by atoms with Crippen molar-refractivity contribution in [2.24, 2.45) is 0 Å². The van der Waals surface area contributed by atoms with Crippen molar-refractivity contribution in [2.45, 2.75) is 27.3 Å². The van der Waals surface area contributed by atoms with Crippen LogP contribution in [0, 0.1) is 18.8 Å². The summed E-state index contributed by atoms with van der Waals surface area (Å²) in [6.07, 6.45) is 1.83. The van der Waals surface area contributed by atoms with Gasteiger partial charge in [-0.15, -0.1) is 0 Å². The van der Waals surface area contributed by atoms with Gasteiger partial charge in [0.1, 0.15) is 0 Å². The summed E-state index contributed by atoms with van der Waals surface area (Å²) in [5.74, 6) is 6.17. The van der Waals surface area contributed by atoms with Crippen LogP contribution >= 0.6 is 0 Å². The van der Waals surface area contributed by atoms with E-state index in [0.717, 1.165) is 30.9 Å². The smallest absolute Gasteiger partial charge is 0.0655 e. The Morgan fingerprint density at radius 2 is 2.29 bits per heavy atom. The molecular formula is C11H17N3. The lowest BCUT2D eigenvalue weighted by Crippen LogP contribution is -2.11. The van der Waals surface area contributed by atoms with Crippen LogP contribution in [0.15, 0.2) is 6.20 Å². The minimum absolute atomic E-state index is 0.743. The van der Waals surface area contributed by atoms with Crippen molar-refractivity contribution in [1.82, 2.24) is 15.1 Å². The topological polar surface area (TPSA) is 29.9 Å². The van der Waals surface area contributed by atoms with E-state index in [4.69, 9.17) is 0 Å². The molecule has 0 fully saturated rings. The summed E-state index contributed by atoms with van der Waals surface area (Å²) >= 11 is 0. The number of aromatic nitrogens is 2. The predicted molar refractivity (Wildman–Crippen MR) is 58.1 cm³/mol. The highest BCUT2D eigenvalue weighted by Crippen LogP contribution is 2.04. The van der Waals surface area contributed by atoms with Crippen molar-refractivity contribution >= 4 is 0 Å². The van der Waals surface area contributed by atoms with Crippen LogP contribution in [0.2, 0.25) is 0 Å². The Balaban J connectivity index is 2.65. The molecule has 0 saturated carbocycles. The quantitative estimate of drug-likeness (QED) is 0.574. The van der Waals surface area contributed by atoms with Gasteiger partial charge >= 0.3 is 0 Å². The van der Waals surface area contributed by atoms with Crippen molar-refractivity contribution in [3.63, 3.8) is 0 Å². The van der Waals surface area contributed by atoms with Gasteiger partial charge in [-0.1, -0.05) is 18.8 Å². The number of hydrogen-bond donors (Lipinski definition) is 1. The molecule has 0 aliphatic heterocycles. The summed E-state index contributed by atoms with van der Waals surface area (Å²) in [5, 5.41) is 7.38. The van der Waals surface area contributed by atoms with Crippen molar-refractivity contribution in [3.8, 4) is 11.8 Å². The highest BCUT2D eigenvalue weighted by Gasteiger charge is 2.00. The summed E-state index contributed by atoms with van der Waals surface area (Å²) in [6, 6.07) is 0. The molecule has 1 N–H and O–H groups in total. The van der Waals surface area contributed by atoms with Gasteiger partial charge in [0.2, 0.25) is 0 Å². The average molecular weight is 191 g/mol. The van der Waals surface area contributed by atoms with Crippen LogP contribution in [0.5, 0.6) is 0 Å². The number of aryl methyl sites for hydroxylation is 1. The summed E-state index contributed by atoms with van der Waals surface area (Å²) in [4.78, 5) is 0. The first-order chi connectivity index (χ1) is 6.79. The van der Waals surface area contributed by atoms with Crippen LogP contribution in [0.4, 0.5) is 0 Å². The second-order valence-corrected chi connectivity index (χ2v) is 3.04. The molecule has 0 bridgehead atoms. The van der Waals surface area contributed by atoms with Crippen LogP contribution in [-0.4, -0.2) is 22.9 Å². The molecule has 0 aliphatic carbocycles. The second kappa shape index (κ2) is 5.46. The van der Waals surface area contributed by atoms with E-state index in [1.807, 2.05) is 17.8 Å². The molecule has 0 saturated heterocycles. The highest BCUT2D eigenvalue weighted by molar-refractivity contribution is 5.36. The molecule has 0 spiro atoms. The van der Waals surface area contributed by atoms with E-state index in [0.29, 0.717) is 0 Å². The van der Waals surface area contributed by atoms with Gasteiger partial charge in [-0.25, -0.2) is 0 Å². The minimum atomic E-state index is 0.743. The van der Waals surface area contributed by atoms with Crippen molar-refractivity contribution < 1.29 is 0 Å². The van der Waals surface area contributed by atoms with Crippen LogP contribution in [-0.2, 0) is 6.54 Å². The second-order valence-electron chi connectivity index (χ2n) is 3.04. The van der Waals surface area contributed by atoms with E-state index >= 15 is 0 Å². The molecule has 1 rings (SSSR count). The third-order valence-electron chi connectivity index (χ3n) is 2.09. The lowest BCUT2D eigenvalue weighted by molar-refractivity contribution is 0.639. The summed E-state index contributed by atoms with van der Waals surface area (Å²) in [5.41, 5.74) is 2.18. The normalized spacial score (nSPS) is 9.64. The third-order valence-corrected chi connectivity index (χ3v) is 2.09. The maximum atomic E-state index is 4.23. The fraction of sp³-hybridized carbons (Fsp3) is 0.545. The molecule has 0 unspecified atom stereocenters. The molecule has 0 aliphatic rings. The molecule has 0 amide bonds. The number of nitrogens with one attached hydrogen (secondary N) is 1.